The van der Waals surface area contributed by atoms with Crippen molar-refractivity contribution in [1.82, 2.24) is 4.98 Å². The van der Waals surface area contributed by atoms with Gasteiger partial charge in [-0.2, -0.15) is 0 Å². The van der Waals surface area contributed by atoms with Gasteiger partial charge < -0.3 is 18.9 Å². The zero-order valence-corrected chi connectivity index (χ0v) is 20.3. The Balaban J connectivity index is 1.38. The van der Waals surface area contributed by atoms with E-state index in [2.05, 4.69) is 4.98 Å². The van der Waals surface area contributed by atoms with Crippen LogP contribution in [0.15, 0.2) is 71.8 Å². The number of rotatable bonds is 9. The molecule has 0 aliphatic carbocycles. The molecular formula is C25H21Cl2NO4S. The lowest BCUT2D eigenvalue weighted by Gasteiger charge is -2.12. The van der Waals surface area contributed by atoms with Crippen LogP contribution in [0, 0.1) is 0 Å². The van der Waals surface area contributed by atoms with Gasteiger partial charge in [0.25, 0.3) is 0 Å². The smallest absolute Gasteiger partial charge is 0.162 e. The Bertz CT molecular complexity index is 1250. The van der Waals surface area contributed by atoms with Gasteiger partial charge in [-0.05, 0) is 54.6 Å². The Labute approximate surface area is 206 Å². The summed E-state index contributed by atoms with van der Waals surface area (Å²) in [7, 11) is 3.20. The maximum Gasteiger partial charge on any atom is 0.162 e. The number of hydrogen-bond acceptors (Lipinski definition) is 6. The van der Waals surface area contributed by atoms with Gasteiger partial charge in [0.15, 0.2) is 11.5 Å². The topological polar surface area (TPSA) is 49.8 Å². The SMILES string of the molecule is COc1cc2nccc(Oc3ccc(SCCOc4ccc(Cl)cc4Cl)cc3)c2cc1OC. The summed E-state index contributed by atoms with van der Waals surface area (Å²) in [5.41, 5.74) is 0.762. The number of ether oxygens (including phenoxy) is 4. The van der Waals surface area contributed by atoms with Crippen molar-refractivity contribution in [1.29, 1.82) is 0 Å². The lowest BCUT2D eigenvalue weighted by Crippen LogP contribution is -2.00. The maximum atomic E-state index is 6.13. The minimum absolute atomic E-state index is 0.508. The predicted molar refractivity (Wildman–Crippen MR) is 134 cm³/mol. The van der Waals surface area contributed by atoms with Crippen LogP contribution in [0.1, 0.15) is 0 Å². The zero-order chi connectivity index (χ0) is 23.2. The van der Waals surface area contributed by atoms with E-state index in [9.17, 15) is 0 Å². The van der Waals surface area contributed by atoms with E-state index in [1.54, 1.807) is 50.4 Å². The van der Waals surface area contributed by atoms with Gasteiger partial charge in [0, 0.05) is 33.3 Å². The molecule has 0 unspecified atom stereocenters. The second-order valence-electron chi connectivity index (χ2n) is 6.88. The molecule has 4 aromatic rings. The standard InChI is InChI=1S/C25H21Cl2NO4S/c1-29-24-14-19-21(15-25(24)30-2)28-10-9-22(19)32-17-4-6-18(7-5-17)33-12-11-31-23-8-3-16(26)13-20(23)27/h3-10,13-15H,11-12H2,1-2H3. The molecule has 1 heterocycles. The lowest BCUT2D eigenvalue weighted by molar-refractivity contribution is 0.344. The van der Waals surface area contributed by atoms with E-state index in [1.165, 1.54) is 0 Å². The second-order valence-corrected chi connectivity index (χ2v) is 8.89. The molecule has 0 saturated carbocycles. The molecule has 0 atom stereocenters. The van der Waals surface area contributed by atoms with Crippen LogP contribution in [0.4, 0.5) is 0 Å². The van der Waals surface area contributed by atoms with Gasteiger partial charge in [0.2, 0.25) is 0 Å². The number of halogens is 2. The highest BCUT2D eigenvalue weighted by Crippen LogP contribution is 2.37. The molecule has 0 saturated heterocycles. The third-order valence-corrected chi connectivity index (χ3v) is 6.27. The molecule has 3 aromatic carbocycles. The molecule has 0 radical (unpaired) electrons. The van der Waals surface area contributed by atoms with E-state index < -0.39 is 0 Å². The van der Waals surface area contributed by atoms with Gasteiger partial charge in [-0.3, -0.25) is 4.98 Å². The summed E-state index contributed by atoms with van der Waals surface area (Å²) in [5.74, 6) is 4.06. The number of benzene rings is 3. The summed E-state index contributed by atoms with van der Waals surface area (Å²) < 4.78 is 22.6. The molecule has 0 aliphatic heterocycles. The Morgan fingerprint density at radius 1 is 0.818 bits per heavy atom. The van der Waals surface area contributed by atoms with Gasteiger partial charge in [0.05, 0.1) is 31.4 Å². The Hall–Kier alpha value is -2.80. The number of aromatic nitrogens is 1. The molecule has 0 fully saturated rings. The van der Waals surface area contributed by atoms with Gasteiger partial charge in [0.1, 0.15) is 17.2 Å². The summed E-state index contributed by atoms with van der Waals surface area (Å²) in [5, 5.41) is 1.93. The van der Waals surface area contributed by atoms with Crippen molar-refractivity contribution in [2.45, 2.75) is 4.90 Å². The highest BCUT2D eigenvalue weighted by Gasteiger charge is 2.11. The van der Waals surface area contributed by atoms with Crippen LogP contribution in [0.2, 0.25) is 10.0 Å². The number of hydrogen-bond donors (Lipinski definition) is 0. The van der Waals surface area contributed by atoms with Crippen LogP contribution in [0.5, 0.6) is 28.7 Å². The molecule has 0 aliphatic rings. The first-order valence-corrected chi connectivity index (χ1v) is 11.8. The fourth-order valence-corrected chi connectivity index (χ4v) is 4.36. The highest BCUT2D eigenvalue weighted by molar-refractivity contribution is 7.99. The van der Waals surface area contributed by atoms with Crippen molar-refractivity contribution in [3.05, 3.63) is 76.9 Å². The summed E-state index contributed by atoms with van der Waals surface area (Å²) in [4.78, 5) is 5.52. The number of fused-ring (bicyclic) bond motifs is 1. The summed E-state index contributed by atoms with van der Waals surface area (Å²) in [6.45, 7) is 0.526. The van der Waals surface area contributed by atoms with Gasteiger partial charge >= 0.3 is 0 Å². The number of thioether (sulfide) groups is 1. The van der Waals surface area contributed by atoms with Crippen molar-refractivity contribution in [3.8, 4) is 28.7 Å². The van der Waals surface area contributed by atoms with Gasteiger partial charge in [-0.15, -0.1) is 11.8 Å². The number of pyridine rings is 1. The first-order valence-electron chi connectivity index (χ1n) is 10.1. The maximum absolute atomic E-state index is 6.13. The van der Waals surface area contributed by atoms with E-state index in [0.29, 0.717) is 39.7 Å². The Morgan fingerprint density at radius 3 is 2.30 bits per heavy atom. The summed E-state index contributed by atoms with van der Waals surface area (Å²) >= 11 is 13.7. The molecule has 0 bridgehead atoms. The molecule has 0 amide bonds. The molecular weight excluding hydrogens is 481 g/mol. The Kier molecular flexibility index (Phi) is 7.70. The quantitative estimate of drug-likeness (QED) is 0.174. The minimum atomic E-state index is 0.508. The van der Waals surface area contributed by atoms with E-state index >= 15 is 0 Å². The molecule has 33 heavy (non-hydrogen) atoms. The van der Waals surface area contributed by atoms with Crippen LogP contribution >= 0.6 is 35.0 Å². The Morgan fingerprint density at radius 2 is 1.58 bits per heavy atom. The van der Waals surface area contributed by atoms with Crippen LogP contribution in [-0.2, 0) is 0 Å². The van der Waals surface area contributed by atoms with Crippen molar-refractivity contribution in [2.75, 3.05) is 26.6 Å². The summed E-state index contributed by atoms with van der Waals surface area (Å²) in [6.07, 6.45) is 1.71. The van der Waals surface area contributed by atoms with E-state index in [1.807, 2.05) is 42.5 Å². The molecule has 8 heteroatoms. The van der Waals surface area contributed by atoms with Gasteiger partial charge in [-0.25, -0.2) is 0 Å². The first kappa shape index (κ1) is 23.4. The average molecular weight is 502 g/mol. The number of nitrogens with zero attached hydrogens (tertiary/aromatic N) is 1. The van der Waals surface area contributed by atoms with Crippen LogP contribution < -0.4 is 18.9 Å². The fourth-order valence-electron chi connectivity index (χ4n) is 3.17. The number of methoxy groups -OCH3 is 2. The molecule has 0 N–H and O–H groups in total. The van der Waals surface area contributed by atoms with Crippen LogP contribution in [0.3, 0.4) is 0 Å². The second kappa shape index (κ2) is 10.9. The van der Waals surface area contributed by atoms with E-state index in [4.69, 9.17) is 42.1 Å². The average Bonchev–Trinajstić information content (AvgIpc) is 2.83. The van der Waals surface area contributed by atoms with Crippen molar-refractivity contribution in [3.63, 3.8) is 0 Å². The molecule has 0 spiro atoms. The molecule has 1 aromatic heterocycles. The predicted octanol–water partition coefficient (Wildman–Crippen LogP) is 7.52. The van der Waals surface area contributed by atoms with Crippen molar-refractivity contribution in [2.24, 2.45) is 0 Å². The normalized spacial score (nSPS) is 10.8. The molecule has 170 valence electrons. The van der Waals surface area contributed by atoms with Crippen LogP contribution in [0.25, 0.3) is 10.9 Å². The monoisotopic (exact) mass is 501 g/mol. The first-order chi connectivity index (χ1) is 16.1. The third kappa shape index (κ3) is 5.77. The van der Waals surface area contributed by atoms with Crippen molar-refractivity contribution >= 4 is 45.9 Å². The molecule has 4 rings (SSSR count). The third-order valence-electron chi connectivity index (χ3n) is 4.76. The highest BCUT2D eigenvalue weighted by atomic mass is 35.5. The lowest BCUT2D eigenvalue weighted by atomic mass is 10.2. The van der Waals surface area contributed by atoms with E-state index in [-0.39, 0.29) is 0 Å². The zero-order valence-electron chi connectivity index (χ0n) is 18.0. The van der Waals surface area contributed by atoms with Crippen LogP contribution in [-0.4, -0.2) is 31.6 Å². The van der Waals surface area contributed by atoms with Gasteiger partial charge in [-0.1, -0.05) is 23.2 Å². The largest absolute Gasteiger partial charge is 0.493 e. The fraction of sp³-hybridized carbons (Fsp3) is 0.160. The van der Waals surface area contributed by atoms with E-state index in [0.717, 1.165) is 27.3 Å². The summed E-state index contributed by atoms with van der Waals surface area (Å²) in [6, 6.07) is 18.6. The molecule has 5 nitrogen and oxygen atoms in total. The van der Waals surface area contributed by atoms with Crippen molar-refractivity contribution < 1.29 is 18.9 Å². The minimum Gasteiger partial charge on any atom is -0.493 e.